The lowest BCUT2D eigenvalue weighted by molar-refractivity contribution is 0.0945. The molecule has 4 rings (SSSR count). The molecule has 0 bridgehead atoms. The van der Waals surface area contributed by atoms with Crippen LogP contribution in [0.2, 0.25) is 0 Å². The van der Waals surface area contributed by atoms with E-state index in [4.69, 9.17) is 4.74 Å². The van der Waals surface area contributed by atoms with Gasteiger partial charge in [0.1, 0.15) is 11.5 Å². The number of aryl methyl sites for hydroxylation is 2. The Bertz CT molecular complexity index is 1060. The number of likely N-dealkylation sites (tertiary alicyclic amines) is 1. The van der Waals surface area contributed by atoms with E-state index in [1.807, 2.05) is 23.9 Å². The van der Waals surface area contributed by atoms with E-state index in [1.165, 1.54) is 11.1 Å². The molecule has 6 heteroatoms. The minimum absolute atomic E-state index is 0.315. The smallest absolute Gasteiger partial charge is 0.127 e. The molecule has 1 aliphatic heterocycles. The summed E-state index contributed by atoms with van der Waals surface area (Å²) in [6, 6.07) is 16.8. The van der Waals surface area contributed by atoms with Crippen LogP contribution in [0.1, 0.15) is 35.2 Å². The molecule has 2 aromatic carbocycles. The zero-order valence-corrected chi connectivity index (χ0v) is 20.9. The van der Waals surface area contributed by atoms with Gasteiger partial charge in [0.2, 0.25) is 0 Å². The van der Waals surface area contributed by atoms with Crippen LogP contribution in [-0.4, -0.2) is 58.0 Å². The van der Waals surface area contributed by atoms with Crippen molar-refractivity contribution in [3.63, 3.8) is 0 Å². The number of hydrogen-bond donors (Lipinski definition) is 1. The summed E-state index contributed by atoms with van der Waals surface area (Å²) < 4.78 is 7.41. The van der Waals surface area contributed by atoms with Gasteiger partial charge in [-0.15, -0.1) is 0 Å². The van der Waals surface area contributed by atoms with E-state index in [1.54, 1.807) is 13.2 Å². The van der Waals surface area contributed by atoms with Crippen LogP contribution in [-0.2, 0) is 26.6 Å². The van der Waals surface area contributed by atoms with Gasteiger partial charge in [-0.3, -0.25) is 14.5 Å². The highest BCUT2D eigenvalue weighted by atomic mass is 16.5. The third-order valence-electron chi connectivity index (χ3n) is 7.28. The lowest BCUT2D eigenvalue weighted by Gasteiger charge is -2.40. The number of benzene rings is 2. The maximum atomic E-state index is 10.4. The third kappa shape index (κ3) is 5.80. The minimum atomic E-state index is 0.315. The molecule has 182 valence electrons. The number of rotatable bonds is 9. The molecule has 1 atom stereocenters. The molecule has 1 fully saturated rings. The fourth-order valence-electron chi connectivity index (χ4n) is 5.35. The lowest BCUT2D eigenvalue weighted by atomic mass is 9.84. The Labute approximate surface area is 203 Å². The molecule has 34 heavy (non-hydrogen) atoms. The highest BCUT2D eigenvalue weighted by molar-refractivity contribution is 5.43. The number of hydrogen-bond acceptors (Lipinski definition) is 5. The summed E-state index contributed by atoms with van der Waals surface area (Å²) in [5, 5.41) is 14.9. The Kier molecular flexibility index (Phi) is 7.91. The second kappa shape index (κ2) is 11.1. The summed E-state index contributed by atoms with van der Waals surface area (Å²) in [5.74, 6) is 1.69. The maximum absolute atomic E-state index is 10.4. The van der Waals surface area contributed by atoms with Crippen LogP contribution in [0.5, 0.6) is 11.5 Å². The molecule has 1 aliphatic rings. The van der Waals surface area contributed by atoms with Gasteiger partial charge in [0.15, 0.2) is 0 Å². The Morgan fingerprint density at radius 3 is 2.50 bits per heavy atom. The molecule has 3 aromatic rings. The van der Waals surface area contributed by atoms with E-state index in [-0.39, 0.29) is 0 Å². The van der Waals surface area contributed by atoms with E-state index in [2.05, 4.69) is 65.4 Å². The van der Waals surface area contributed by atoms with Crippen molar-refractivity contribution in [2.45, 2.75) is 45.3 Å². The summed E-state index contributed by atoms with van der Waals surface area (Å²) in [7, 11) is 5.92. The van der Waals surface area contributed by atoms with Crippen LogP contribution in [0.25, 0.3) is 0 Å². The van der Waals surface area contributed by atoms with Gasteiger partial charge >= 0.3 is 0 Å². The molecular formula is C28H38N4O2. The standard InChI is InChI=1S/C28H38N4O2/c1-21-24(19-31(3)29-21)18-30(2)26(17-22-9-6-5-7-10-22)23-13-15-32(16-14-23)20-25-27(33)11-8-12-28(25)34-4/h5-12,19,23,26,33H,13-18,20H2,1-4H3/t26-/m1/s1. The molecule has 0 spiro atoms. The summed E-state index contributed by atoms with van der Waals surface area (Å²) in [6.07, 6.45) is 5.48. The van der Waals surface area contributed by atoms with Crippen molar-refractivity contribution in [3.8, 4) is 11.5 Å². The van der Waals surface area contributed by atoms with Crippen molar-refractivity contribution in [3.05, 3.63) is 77.1 Å². The van der Waals surface area contributed by atoms with Gasteiger partial charge < -0.3 is 9.84 Å². The molecule has 0 unspecified atom stereocenters. The van der Waals surface area contributed by atoms with Gasteiger partial charge in [-0.1, -0.05) is 36.4 Å². The Morgan fingerprint density at radius 1 is 1.12 bits per heavy atom. The summed E-state index contributed by atoms with van der Waals surface area (Å²) in [5.41, 5.74) is 4.68. The first kappa shape index (κ1) is 24.3. The van der Waals surface area contributed by atoms with Gasteiger partial charge in [-0.2, -0.15) is 5.10 Å². The van der Waals surface area contributed by atoms with Crippen molar-refractivity contribution < 1.29 is 9.84 Å². The van der Waals surface area contributed by atoms with Crippen LogP contribution in [0, 0.1) is 12.8 Å². The molecule has 6 nitrogen and oxygen atoms in total. The quantitative estimate of drug-likeness (QED) is 0.511. The first-order chi connectivity index (χ1) is 16.4. The molecular weight excluding hydrogens is 424 g/mol. The van der Waals surface area contributed by atoms with Gasteiger partial charge in [0, 0.05) is 43.5 Å². The molecule has 0 amide bonds. The number of aromatic nitrogens is 2. The Hall–Kier alpha value is -2.83. The number of piperidine rings is 1. The molecule has 0 radical (unpaired) electrons. The van der Waals surface area contributed by atoms with Crippen molar-refractivity contribution in [1.82, 2.24) is 19.6 Å². The average molecular weight is 463 g/mol. The minimum Gasteiger partial charge on any atom is -0.507 e. The van der Waals surface area contributed by atoms with E-state index in [0.717, 1.165) is 62.4 Å². The van der Waals surface area contributed by atoms with Crippen LogP contribution < -0.4 is 4.74 Å². The highest BCUT2D eigenvalue weighted by Crippen LogP contribution is 2.32. The van der Waals surface area contributed by atoms with Gasteiger partial charge in [0.05, 0.1) is 12.8 Å². The topological polar surface area (TPSA) is 53.8 Å². The summed E-state index contributed by atoms with van der Waals surface area (Å²) >= 11 is 0. The van der Waals surface area contributed by atoms with Gasteiger partial charge in [-0.25, -0.2) is 0 Å². The van der Waals surface area contributed by atoms with Gasteiger partial charge in [0.25, 0.3) is 0 Å². The Balaban J connectivity index is 1.45. The fraction of sp³-hybridized carbons (Fsp3) is 0.464. The van der Waals surface area contributed by atoms with Gasteiger partial charge in [-0.05, 0) is 69.9 Å². The van der Waals surface area contributed by atoms with E-state index in [9.17, 15) is 5.11 Å². The molecule has 0 saturated carbocycles. The molecule has 1 saturated heterocycles. The molecule has 2 heterocycles. The van der Waals surface area contributed by atoms with Crippen LogP contribution >= 0.6 is 0 Å². The average Bonchev–Trinajstić information content (AvgIpc) is 3.16. The van der Waals surface area contributed by atoms with Crippen LogP contribution in [0.4, 0.5) is 0 Å². The number of phenols is 1. The summed E-state index contributed by atoms with van der Waals surface area (Å²) in [4.78, 5) is 4.97. The second-order valence-corrected chi connectivity index (χ2v) is 9.66. The zero-order chi connectivity index (χ0) is 24.1. The fourth-order valence-corrected chi connectivity index (χ4v) is 5.35. The monoisotopic (exact) mass is 462 g/mol. The largest absolute Gasteiger partial charge is 0.507 e. The predicted molar refractivity (Wildman–Crippen MR) is 136 cm³/mol. The van der Waals surface area contributed by atoms with Crippen LogP contribution in [0.15, 0.2) is 54.7 Å². The van der Waals surface area contributed by atoms with Crippen molar-refractivity contribution in [2.24, 2.45) is 13.0 Å². The highest BCUT2D eigenvalue weighted by Gasteiger charge is 2.30. The number of phenolic OH excluding ortho intramolecular Hbond substituents is 1. The predicted octanol–water partition coefficient (Wildman–Crippen LogP) is 4.40. The maximum Gasteiger partial charge on any atom is 0.127 e. The van der Waals surface area contributed by atoms with E-state index >= 15 is 0 Å². The van der Waals surface area contributed by atoms with Crippen molar-refractivity contribution in [1.29, 1.82) is 0 Å². The number of aromatic hydroxyl groups is 1. The third-order valence-corrected chi connectivity index (χ3v) is 7.28. The lowest BCUT2D eigenvalue weighted by Crippen LogP contribution is -2.45. The number of nitrogens with zero attached hydrogens (tertiary/aromatic N) is 4. The zero-order valence-electron chi connectivity index (χ0n) is 20.9. The van der Waals surface area contributed by atoms with Crippen LogP contribution in [0.3, 0.4) is 0 Å². The van der Waals surface area contributed by atoms with E-state index in [0.29, 0.717) is 17.7 Å². The number of likely N-dealkylation sites (N-methyl/N-ethyl adjacent to an activating group) is 1. The molecule has 1 N–H and O–H groups in total. The second-order valence-electron chi connectivity index (χ2n) is 9.66. The summed E-state index contributed by atoms with van der Waals surface area (Å²) in [6.45, 7) is 5.77. The van der Waals surface area contributed by atoms with Crippen molar-refractivity contribution >= 4 is 0 Å². The van der Waals surface area contributed by atoms with Crippen molar-refractivity contribution in [2.75, 3.05) is 27.2 Å². The first-order valence-electron chi connectivity index (χ1n) is 12.2. The molecule has 0 aliphatic carbocycles. The normalized spacial score (nSPS) is 16.1. The number of ether oxygens (including phenoxy) is 1. The van der Waals surface area contributed by atoms with E-state index < -0.39 is 0 Å². The number of methoxy groups -OCH3 is 1. The first-order valence-corrected chi connectivity index (χ1v) is 12.2. The Morgan fingerprint density at radius 2 is 1.85 bits per heavy atom. The SMILES string of the molecule is COc1cccc(O)c1CN1CCC([C@@H](Cc2ccccc2)N(C)Cc2cn(C)nc2C)CC1. The molecule has 1 aromatic heterocycles.